The SMILES string of the molecule is COCCCN(C)c1cnccc1C(=N)N. The van der Waals surface area contributed by atoms with Gasteiger partial charge in [0.2, 0.25) is 0 Å². The molecule has 0 amide bonds. The molecular formula is C11H18N4O. The Kier molecular flexibility index (Phi) is 4.72. The van der Waals surface area contributed by atoms with Crippen molar-refractivity contribution in [3.63, 3.8) is 0 Å². The molecule has 0 aliphatic heterocycles. The summed E-state index contributed by atoms with van der Waals surface area (Å²) in [5.74, 6) is 0.0657. The first-order valence-electron chi connectivity index (χ1n) is 5.15. The van der Waals surface area contributed by atoms with E-state index < -0.39 is 0 Å². The average molecular weight is 222 g/mol. The van der Waals surface area contributed by atoms with Gasteiger partial charge < -0.3 is 15.4 Å². The number of nitrogen functional groups attached to an aromatic ring is 1. The van der Waals surface area contributed by atoms with Crippen molar-refractivity contribution in [2.45, 2.75) is 6.42 Å². The van der Waals surface area contributed by atoms with Crippen LogP contribution in [0.4, 0.5) is 5.69 Å². The molecule has 0 fully saturated rings. The van der Waals surface area contributed by atoms with Crippen molar-refractivity contribution in [3.8, 4) is 0 Å². The van der Waals surface area contributed by atoms with Crippen molar-refractivity contribution in [2.24, 2.45) is 5.73 Å². The standard InChI is InChI=1S/C11H18N4O/c1-15(6-3-7-16-2)10-8-14-5-4-9(10)11(12)13/h4-5,8H,3,6-7H2,1-2H3,(H3,12,13). The molecule has 0 aromatic carbocycles. The van der Waals surface area contributed by atoms with Gasteiger partial charge in [0.25, 0.3) is 0 Å². The van der Waals surface area contributed by atoms with Crippen LogP contribution in [0, 0.1) is 5.41 Å². The smallest absolute Gasteiger partial charge is 0.125 e. The maximum absolute atomic E-state index is 7.48. The summed E-state index contributed by atoms with van der Waals surface area (Å²) in [5, 5.41) is 7.48. The molecule has 0 saturated carbocycles. The van der Waals surface area contributed by atoms with Crippen molar-refractivity contribution in [1.29, 1.82) is 5.41 Å². The van der Waals surface area contributed by atoms with E-state index in [1.807, 2.05) is 11.9 Å². The Bertz CT molecular complexity index is 354. The Morgan fingerprint density at radius 1 is 1.62 bits per heavy atom. The fourth-order valence-electron chi connectivity index (χ4n) is 1.48. The number of amidine groups is 1. The summed E-state index contributed by atoms with van der Waals surface area (Å²) in [6.45, 7) is 1.57. The molecule has 3 N–H and O–H groups in total. The first-order valence-corrected chi connectivity index (χ1v) is 5.15. The highest BCUT2D eigenvalue weighted by Crippen LogP contribution is 2.17. The van der Waals surface area contributed by atoms with Gasteiger partial charge in [-0.3, -0.25) is 10.4 Å². The number of pyridine rings is 1. The Labute approximate surface area is 95.7 Å². The van der Waals surface area contributed by atoms with Gasteiger partial charge in [-0.25, -0.2) is 0 Å². The van der Waals surface area contributed by atoms with E-state index in [9.17, 15) is 0 Å². The van der Waals surface area contributed by atoms with Crippen LogP contribution < -0.4 is 10.6 Å². The zero-order valence-electron chi connectivity index (χ0n) is 9.73. The Morgan fingerprint density at radius 3 is 3.00 bits per heavy atom. The molecule has 0 saturated heterocycles. The third-order valence-electron chi connectivity index (χ3n) is 2.34. The van der Waals surface area contributed by atoms with Crippen LogP contribution in [-0.2, 0) is 4.74 Å². The van der Waals surface area contributed by atoms with E-state index in [1.165, 1.54) is 0 Å². The molecule has 0 spiro atoms. The van der Waals surface area contributed by atoms with Crippen LogP contribution in [0.2, 0.25) is 0 Å². The minimum absolute atomic E-state index is 0.0657. The minimum Gasteiger partial charge on any atom is -0.385 e. The third-order valence-corrected chi connectivity index (χ3v) is 2.34. The molecule has 5 nitrogen and oxygen atoms in total. The number of aromatic nitrogens is 1. The van der Waals surface area contributed by atoms with E-state index in [4.69, 9.17) is 15.9 Å². The molecule has 0 unspecified atom stereocenters. The molecule has 88 valence electrons. The number of rotatable bonds is 6. The molecule has 1 aromatic heterocycles. The van der Waals surface area contributed by atoms with Crippen molar-refractivity contribution in [2.75, 3.05) is 32.2 Å². The lowest BCUT2D eigenvalue weighted by molar-refractivity contribution is 0.196. The van der Waals surface area contributed by atoms with Gasteiger partial charge in [-0.2, -0.15) is 0 Å². The van der Waals surface area contributed by atoms with E-state index in [2.05, 4.69) is 4.98 Å². The average Bonchev–Trinajstić information content (AvgIpc) is 2.29. The molecule has 0 atom stereocenters. The fourth-order valence-corrected chi connectivity index (χ4v) is 1.48. The lowest BCUT2D eigenvalue weighted by Gasteiger charge is -2.21. The van der Waals surface area contributed by atoms with Crippen LogP contribution in [0.5, 0.6) is 0 Å². The number of anilines is 1. The summed E-state index contributed by atoms with van der Waals surface area (Å²) in [5.41, 5.74) is 7.11. The summed E-state index contributed by atoms with van der Waals surface area (Å²) in [4.78, 5) is 6.08. The second kappa shape index (κ2) is 6.07. The first kappa shape index (κ1) is 12.4. The predicted molar refractivity (Wildman–Crippen MR) is 65.0 cm³/mol. The van der Waals surface area contributed by atoms with Crippen LogP contribution in [0.25, 0.3) is 0 Å². The highest BCUT2D eigenvalue weighted by Gasteiger charge is 2.08. The molecule has 0 bridgehead atoms. The summed E-state index contributed by atoms with van der Waals surface area (Å²) >= 11 is 0. The van der Waals surface area contributed by atoms with Gasteiger partial charge in [0, 0.05) is 39.1 Å². The highest BCUT2D eigenvalue weighted by molar-refractivity contribution is 6.00. The number of ether oxygens (including phenoxy) is 1. The second-order valence-corrected chi connectivity index (χ2v) is 3.57. The molecule has 5 heteroatoms. The normalized spacial score (nSPS) is 10.1. The van der Waals surface area contributed by atoms with Crippen LogP contribution in [0.3, 0.4) is 0 Å². The quantitative estimate of drug-likeness (QED) is 0.425. The Hall–Kier alpha value is -1.62. The molecular weight excluding hydrogens is 204 g/mol. The van der Waals surface area contributed by atoms with Crippen LogP contribution in [0.1, 0.15) is 12.0 Å². The van der Waals surface area contributed by atoms with Crippen molar-refractivity contribution < 1.29 is 4.74 Å². The zero-order chi connectivity index (χ0) is 12.0. The molecule has 1 heterocycles. The first-order chi connectivity index (χ1) is 7.66. The van der Waals surface area contributed by atoms with E-state index in [0.717, 1.165) is 30.8 Å². The van der Waals surface area contributed by atoms with Gasteiger partial charge in [-0.05, 0) is 12.5 Å². The Balaban J connectivity index is 2.74. The van der Waals surface area contributed by atoms with E-state index in [1.54, 1.807) is 25.6 Å². The van der Waals surface area contributed by atoms with Gasteiger partial charge >= 0.3 is 0 Å². The van der Waals surface area contributed by atoms with Gasteiger partial charge in [0.15, 0.2) is 0 Å². The molecule has 1 aromatic rings. The van der Waals surface area contributed by atoms with Crippen molar-refractivity contribution >= 4 is 11.5 Å². The van der Waals surface area contributed by atoms with E-state index >= 15 is 0 Å². The summed E-state index contributed by atoms with van der Waals surface area (Å²) < 4.78 is 5.00. The third kappa shape index (κ3) is 3.20. The van der Waals surface area contributed by atoms with Gasteiger partial charge in [0.1, 0.15) is 5.84 Å². The van der Waals surface area contributed by atoms with E-state index in [-0.39, 0.29) is 5.84 Å². The number of methoxy groups -OCH3 is 1. The molecule has 1 rings (SSSR count). The van der Waals surface area contributed by atoms with Crippen LogP contribution >= 0.6 is 0 Å². The largest absolute Gasteiger partial charge is 0.385 e. The van der Waals surface area contributed by atoms with Gasteiger partial charge in [-0.15, -0.1) is 0 Å². The predicted octanol–water partition coefficient (Wildman–Crippen LogP) is 0.838. The number of nitrogens with one attached hydrogen (secondary N) is 1. The van der Waals surface area contributed by atoms with E-state index in [0.29, 0.717) is 0 Å². The Morgan fingerprint density at radius 2 is 2.38 bits per heavy atom. The topological polar surface area (TPSA) is 75.2 Å². The fraction of sp³-hybridized carbons (Fsp3) is 0.455. The van der Waals surface area contributed by atoms with Crippen molar-refractivity contribution in [3.05, 3.63) is 24.0 Å². The number of nitrogens with zero attached hydrogens (tertiary/aromatic N) is 2. The van der Waals surface area contributed by atoms with Crippen molar-refractivity contribution in [1.82, 2.24) is 4.98 Å². The lowest BCUT2D eigenvalue weighted by atomic mass is 10.2. The maximum Gasteiger partial charge on any atom is 0.125 e. The molecule has 16 heavy (non-hydrogen) atoms. The maximum atomic E-state index is 7.48. The highest BCUT2D eigenvalue weighted by atomic mass is 16.5. The number of hydrogen-bond donors (Lipinski definition) is 2. The van der Waals surface area contributed by atoms with Crippen LogP contribution in [0.15, 0.2) is 18.5 Å². The van der Waals surface area contributed by atoms with Crippen LogP contribution in [-0.4, -0.2) is 38.1 Å². The summed E-state index contributed by atoms with van der Waals surface area (Å²) in [6.07, 6.45) is 4.30. The molecule has 0 aliphatic carbocycles. The minimum atomic E-state index is 0.0657. The number of hydrogen-bond acceptors (Lipinski definition) is 4. The molecule has 0 aliphatic rings. The second-order valence-electron chi connectivity index (χ2n) is 3.57. The monoisotopic (exact) mass is 222 g/mol. The summed E-state index contributed by atoms with van der Waals surface area (Å²) in [7, 11) is 3.64. The number of nitrogens with two attached hydrogens (primary N) is 1. The summed E-state index contributed by atoms with van der Waals surface area (Å²) in [6, 6.07) is 1.75. The van der Waals surface area contributed by atoms with Gasteiger partial charge in [-0.1, -0.05) is 0 Å². The van der Waals surface area contributed by atoms with Gasteiger partial charge in [0.05, 0.1) is 11.9 Å². The molecule has 0 radical (unpaired) electrons. The zero-order valence-corrected chi connectivity index (χ0v) is 9.73. The lowest BCUT2D eigenvalue weighted by Crippen LogP contribution is -2.24.